The molecule has 0 saturated heterocycles. The fraction of sp³-hybridized carbons (Fsp3) is 0.273. The SMILES string of the molecule is Cc1cc(N(C)Cc2oc(-c3ccc(C(F)(F)F)cc3)nc2C)ccc1OCC(=O)O. The van der Waals surface area contributed by atoms with Crippen molar-refractivity contribution in [3.05, 3.63) is 65.0 Å². The van der Waals surface area contributed by atoms with E-state index in [2.05, 4.69) is 4.98 Å². The van der Waals surface area contributed by atoms with Crippen LogP contribution in [0.25, 0.3) is 11.5 Å². The van der Waals surface area contributed by atoms with Crippen LogP contribution >= 0.6 is 0 Å². The molecule has 0 bridgehead atoms. The molecule has 9 heteroatoms. The fourth-order valence-corrected chi connectivity index (χ4v) is 2.98. The van der Waals surface area contributed by atoms with Crippen molar-refractivity contribution in [3.63, 3.8) is 0 Å². The van der Waals surface area contributed by atoms with E-state index in [9.17, 15) is 18.0 Å². The Hall–Kier alpha value is -3.49. The van der Waals surface area contributed by atoms with Gasteiger partial charge in [-0.2, -0.15) is 13.2 Å². The minimum Gasteiger partial charge on any atom is -0.482 e. The largest absolute Gasteiger partial charge is 0.482 e. The number of carbonyl (C=O) groups is 1. The molecule has 6 nitrogen and oxygen atoms in total. The monoisotopic (exact) mass is 434 g/mol. The molecule has 31 heavy (non-hydrogen) atoms. The Labute approximate surface area is 176 Å². The van der Waals surface area contributed by atoms with Crippen molar-refractivity contribution in [2.24, 2.45) is 0 Å². The van der Waals surface area contributed by atoms with E-state index in [0.29, 0.717) is 29.3 Å². The number of alkyl halides is 3. The van der Waals surface area contributed by atoms with E-state index in [4.69, 9.17) is 14.3 Å². The van der Waals surface area contributed by atoms with E-state index in [-0.39, 0.29) is 5.89 Å². The van der Waals surface area contributed by atoms with Crippen LogP contribution in [0.1, 0.15) is 22.6 Å². The van der Waals surface area contributed by atoms with Crippen LogP contribution in [0, 0.1) is 13.8 Å². The Kier molecular flexibility index (Phi) is 6.24. The van der Waals surface area contributed by atoms with Gasteiger partial charge in [0.2, 0.25) is 5.89 Å². The van der Waals surface area contributed by atoms with E-state index in [0.717, 1.165) is 23.4 Å². The summed E-state index contributed by atoms with van der Waals surface area (Å²) >= 11 is 0. The van der Waals surface area contributed by atoms with Crippen molar-refractivity contribution in [2.75, 3.05) is 18.6 Å². The number of rotatable bonds is 7. The maximum atomic E-state index is 12.7. The van der Waals surface area contributed by atoms with Crippen molar-refractivity contribution in [1.82, 2.24) is 4.98 Å². The van der Waals surface area contributed by atoms with Gasteiger partial charge in [0.05, 0.1) is 17.8 Å². The number of hydrogen-bond acceptors (Lipinski definition) is 5. The quantitative estimate of drug-likeness (QED) is 0.559. The maximum Gasteiger partial charge on any atom is 0.416 e. The lowest BCUT2D eigenvalue weighted by atomic mass is 10.1. The normalized spacial score (nSPS) is 11.4. The number of anilines is 1. The number of aliphatic carboxylic acids is 1. The minimum absolute atomic E-state index is 0.253. The van der Waals surface area contributed by atoms with Crippen molar-refractivity contribution in [1.29, 1.82) is 0 Å². The van der Waals surface area contributed by atoms with Gasteiger partial charge in [-0.1, -0.05) is 0 Å². The molecule has 0 radical (unpaired) electrons. The van der Waals surface area contributed by atoms with Crippen LogP contribution in [-0.2, 0) is 17.5 Å². The van der Waals surface area contributed by atoms with E-state index in [1.54, 1.807) is 19.1 Å². The zero-order chi connectivity index (χ0) is 22.8. The highest BCUT2D eigenvalue weighted by molar-refractivity contribution is 5.68. The molecule has 0 aliphatic heterocycles. The maximum absolute atomic E-state index is 12.7. The Morgan fingerprint density at radius 3 is 2.42 bits per heavy atom. The van der Waals surface area contributed by atoms with E-state index in [1.165, 1.54) is 12.1 Å². The van der Waals surface area contributed by atoms with Crippen LogP contribution in [-0.4, -0.2) is 29.7 Å². The predicted molar refractivity (Wildman–Crippen MR) is 108 cm³/mol. The summed E-state index contributed by atoms with van der Waals surface area (Å²) in [4.78, 5) is 16.9. The topological polar surface area (TPSA) is 75.8 Å². The molecular formula is C22H21F3N2O4. The van der Waals surface area contributed by atoms with Crippen LogP contribution in [0.4, 0.5) is 18.9 Å². The number of halogens is 3. The van der Waals surface area contributed by atoms with Crippen LogP contribution in [0.2, 0.25) is 0 Å². The summed E-state index contributed by atoms with van der Waals surface area (Å²) in [7, 11) is 1.85. The first-order valence-electron chi connectivity index (χ1n) is 9.35. The molecule has 0 fully saturated rings. The van der Waals surface area contributed by atoms with Gasteiger partial charge in [0.25, 0.3) is 0 Å². The molecule has 0 unspecified atom stereocenters. The van der Waals surface area contributed by atoms with Gasteiger partial charge in [-0.15, -0.1) is 0 Å². The average molecular weight is 434 g/mol. The molecule has 3 rings (SSSR count). The zero-order valence-corrected chi connectivity index (χ0v) is 17.2. The molecule has 0 saturated carbocycles. The summed E-state index contributed by atoms with van der Waals surface area (Å²) in [6, 6.07) is 10.0. The zero-order valence-electron chi connectivity index (χ0n) is 17.2. The number of nitrogens with zero attached hydrogens (tertiary/aromatic N) is 2. The lowest BCUT2D eigenvalue weighted by Gasteiger charge is -2.19. The average Bonchev–Trinajstić information content (AvgIpc) is 3.06. The molecule has 1 N–H and O–H groups in total. The van der Waals surface area contributed by atoms with Crippen molar-refractivity contribution in [2.45, 2.75) is 26.6 Å². The third kappa shape index (κ3) is 5.36. The highest BCUT2D eigenvalue weighted by Crippen LogP contribution is 2.32. The summed E-state index contributed by atoms with van der Waals surface area (Å²) in [6.07, 6.45) is -4.40. The van der Waals surface area contributed by atoms with Gasteiger partial charge in [0.15, 0.2) is 6.61 Å². The first-order chi connectivity index (χ1) is 14.5. The number of hydrogen-bond donors (Lipinski definition) is 1. The van der Waals surface area contributed by atoms with E-state index < -0.39 is 24.3 Å². The number of carboxylic acid groups (broad SMARTS) is 1. The molecule has 0 amide bonds. The van der Waals surface area contributed by atoms with Gasteiger partial charge < -0.3 is 19.2 Å². The van der Waals surface area contributed by atoms with Crippen LogP contribution in [0.15, 0.2) is 46.9 Å². The number of benzene rings is 2. The van der Waals surface area contributed by atoms with E-state index in [1.807, 2.05) is 24.9 Å². The molecule has 0 aliphatic rings. The van der Waals surface area contributed by atoms with E-state index >= 15 is 0 Å². The Bertz CT molecular complexity index is 1080. The van der Waals surface area contributed by atoms with Gasteiger partial charge in [0.1, 0.15) is 11.5 Å². The lowest BCUT2D eigenvalue weighted by molar-refractivity contribution is -0.139. The lowest BCUT2D eigenvalue weighted by Crippen LogP contribution is -2.17. The van der Waals surface area contributed by atoms with Gasteiger partial charge in [0, 0.05) is 18.3 Å². The minimum atomic E-state index is -4.40. The van der Waals surface area contributed by atoms with Crippen LogP contribution in [0.5, 0.6) is 5.75 Å². The van der Waals surface area contributed by atoms with Gasteiger partial charge in [-0.3, -0.25) is 0 Å². The molecule has 1 heterocycles. The molecule has 164 valence electrons. The highest BCUT2D eigenvalue weighted by Gasteiger charge is 2.30. The summed E-state index contributed by atoms with van der Waals surface area (Å²) in [5.41, 5.74) is 2.00. The second-order valence-electron chi connectivity index (χ2n) is 7.09. The number of carboxylic acids is 1. The molecule has 0 aliphatic carbocycles. The first kappa shape index (κ1) is 22.2. The fourth-order valence-electron chi connectivity index (χ4n) is 2.98. The second kappa shape index (κ2) is 8.71. The Morgan fingerprint density at radius 2 is 1.84 bits per heavy atom. The first-order valence-corrected chi connectivity index (χ1v) is 9.35. The molecular weight excluding hydrogens is 413 g/mol. The van der Waals surface area contributed by atoms with Crippen LogP contribution < -0.4 is 9.64 Å². The molecule has 0 spiro atoms. The molecule has 2 aromatic carbocycles. The number of ether oxygens (including phenoxy) is 1. The van der Waals surface area contributed by atoms with Crippen molar-refractivity contribution in [3.8, 4) is 17.2 Å². The van der Waals surface area contributed by atoms with Gasteiger partial charge in [-0.25, -0.2) is 9.78 Å². The highest BCUT2D eigenvalue weighted by atomic mass is 19.4. The molecule has 1 aromatic heterocycles. The third-order valence-corrected chi connectivity index (χ3v) is 4.68. The predicted octanol–water partition coefficient (Wildman–Crippen LogP) is 5.08. The summed E-state index contributed by atoms with van der Waals surface area (Å²) in [6.45, 7) is 3.56. The molecule has 3 aromatic rings. The third-order valence-electron chi connectivity index (χ3n) is 4.68. The Balaban J connectivity index is 1.74. The molecule has 0 atom stereocenters. The smallest absolute Gasteiger partial charge is 0.416 e. The summed E-state index contributed by atoms with van der Waals surface area (Å²) in [5, 5.41) is 8.73. The standard InChI is InChI=1S/C22H21F3N2O4/c1-13-10-17(8-9-18(13)30-12-20(28)29)27(3)11-19-14(2)26-21(31-19)15-4-6-16(7-5-15)22(23,24)25/h4-10H,11-12H2,1-3H3,(H,28,29). The Morgan fingerprint density at radius 1 is 1.16 bits per heavy atom. The van der Waals surface area contributed by atoms with Crippen LogP contribution in [0.3, 0.4) is 0 Å². The number of aromatic nitrogens is 1. The summed E-state index contributed by atoms with van der Waals surface area (Å²) < 4.78 is 49.3. The number of oxazole rings is 1. The second-order valence-corrected chi connectivity index (χ2v) is 7.09. The summed E-state index contributed by atoms with van der Waals surface area (Å²) in [5.74, 6) is 0.273. The van der Waals surface area contributed by atoms with Crippen molar-refractivity contribution < 1.29 is 32.2 Å². The van der Waals surface area contributed by atoms with Gasteiger partial charge >= 0.3 is 12.1 Å². The van der Waals surface area contributed by atoms with Gasteiger partial charge in [-0.05, 0) is 61.9 Å². The number of aryl methyl sites for hydroxylation is 2. The van der Waals surface area contributed by atoms with Crippen molar-refractivity contribution >= 4 is 11.7 Å².